The highest BCUT2D eigenvalue weighted by molar-refractivity contribution is 8.18. The van der Waals surface area contributed by atoms with E-state index in [1.165, 1.54) is 18.2 Å². The van der Waals surface area contributed by atoms with Gasteiger partial charge in [0.05, 0.1) is 16.2 Å². The maximum Gasteiger partial charge on any atom is 0.418 e. The molecule has 0 spiro atoms. The second kappa shape index (κ2) is 9.72. The van der Waals surface area contributed by atoms with Gasteiger partial charge in [0.15, 0.2) is 5.17 Å². The van der Waals surface area contributed by atoms with Crippen molar-refractivity contribution >= 4 is 46.2 Å². The molecule has 1 saturated heterocycles. The molecule has 0 unspecified atom stereocenters. The number of amidine groups is 1. The summed E-state index contributed by atoms with van der Waals surface area (Å²) in [5.74, 6) is 0.203. The fourth-order valence-electron chi connectivity index (χ4n) is 2.99. The van der Waals surface area contributed by atoms with Crippen molar-refractivity contribution in [1.82, 2.24) is 5.32 Å². The van der Waals surface area contributed by atoms with Crippen LogP contribution in [0.5, 0.6) is 5.75 Å². The monoisotopic (exact) mass is 488 g/mol. The van der Waals surface area contributed by atoms with Gasteiger partial charge in [0.2, 0.25) is 0 Å². The number of alkyl halides is 3. The summed E-state index contributed by atoms with van der Waals surface area (Å²) in [6.45, 7) is 0.317. The van der Waals surface area contributed by atoms with Crippen LogP contribution in [0.1, 0.15) is 16.7 Å². The van der Waals surface area contributed by atoms with Crippen molar-refractivity contribution < 1.29 is 22.7 Å². The number of para-hydroxylation sites is 1. The lowest BCUT2D eigenvalue weighted by Crippen LogP contribution is -2.19. The molecule has 3 aromatic carbocycles. The fourth-order valence-corrected chi connectivity index (χ4v) is 4.01. The van der Waals surface area contributed by atoms with Crippen LogP contribution in [0.25, 0.3) is 6.08 Å². The molecule has 1 amide bonds. The van der Waals surface area contributed by atoms with Gasteiger partial charge in [-0.05, 0) is 53.7 Å². The number of thioether (sulfide) groups is 1. The number of ether oxygens (including phenoxy) is 1. The Kier molecular flexibility index (Phi) is 6.76. The van der Waals surface area contributed by atoms with Crippen LogP contribution in [-0.2, 0) is 17.6 Å². The van der Waals surface area contributed by atoms with Crippen molar-refractivity contribution in [3.63, 3.8) is 0 Å². The highest BCUT2D eigenvalue weighted by Gasteiger charge is 2.34. The first kappa shape index (κ1) is 22.9. The van der Waals surface area contributed by atoms with Crippen molar-refractivity contribution in [3.8, 4) is 5.75 Å². The molecule has 33 heavy (non-hydrogen) atoms. The van der Waals surface area contributed by atoms with Crippen LogP contribution >= 0.6 is 23.4 Å². The van der Waals surface area contributed by atoms with Crippen LogP contribution in [0.15, 0.2) is 82.7 Å². The van der Waals surface area contributed by atoms with E-state index in [2.05, 4.69) is 10.3 Å². The molecule has 3 aromatic rings. The maximum atomic E-state index is 13.2. The smallest absolute Gasteiger partial charge is 0.418 e. The number of aliphatic imine (C=N–C) groups is 1. The van der Waals surface area contributed by atoms with E-state index in [0.717, 1.165) is 29.0 Å². The number of amides is 1. The molecule has 0 aliphatic carbocycles. The van der Waals surface area contributed by atoms with Gasteiger partial charge < -0.3 is 10.1 Å². The van der Waals surface area contributed by atoms with Crippen molar-refractivity contribution in [2.45, 2.75) is 12.8 Å². The maximum absolute atomic E-state index is 13.2. The Labute approximate surface area is 197 Å². The Hall–Kier alpha value is -3.23. The second-order valence-electron chi connectivity index (χ2n) is 6.95. The van der Waals surface area contributed by atoms with Gasteiger partial charge in [0.1, 0.15) is 12.4 Å². The Balaban J connectivity index is 1.45. The molecule has 9 heteroatoms. The molecule has 0 bridgehead atoms. The van der Waals surface area contributed by atoms with E-state index in [1.807, 2.05) is 18.2 Å². The van der Waals surface area contributed by atoms with Crippen molar-refractivity contribution in [2.75, 3.05) is 0 Å². The summed E-state index contributed by atoms with van der Waals surface area (Å²) in [5, 5.41) is 3.22. The van der Waals surface area contributed by atoms with Crippen molar-refractivity contribution in [2.24, 2.45) is 4.99 Å². The first-order valence-electron chi connectivity index (χ1n) is 9.72. The van der Waals surface area contributed by atoms with E-state index in [1.54, 1.807) is 36.4 Å². The number of rotatable bonds is 5. The zero-order valence-corrected chi connectivity index (χ0v) is 18.5. The predicted molar refractivity (Wildman–Crippen MR) is 124 cm³/mol. The van der Waals surface area contributed by atoms with E-state index in [-0.39, 0.29) is 10.9 Å². The van der Waals surface area contributed by atoms with Crippen LogP contribution < -0.4 is 10.1 Å². The van der Waals surface area contributed by atoms with Crippen molar-refractivity contribution in [3.05, 3.63) is 99.4 Å². The van der Waals surface area contributed by atoms with Gasteiger partial charge in [-0.3, -0.25) is 4.79 Å². The zero-order chi connectivity index (χ0) is 23.4. The van der Waals surface area contributed by atoms with Gasteiger partial charge in [0.25, 0.3) is 5.91 Å². The lowest BCUT2D eigenvalue weighted by Gasteiger charge is -2.09. The van der Waals surface area contributed by atoms with Gasteiger partial charge in [0, 0.05) is 10.6 Å². The van der Waals surface area contributed by atoms with E-state index >= 15 is 0 Å². The number of carbonyl (C=O) groups excluding carboxylic acids is 1. The number of hydrogen-bond acceptors (Lipinski definition) is 4. The second-order valence-corrected chi connectivity index (χ2v) is 8.38. The number of carbonyl (C=O) groups is 1. The molecule has 0 aromatic heterocycles. The number of hydrogen-bond donors (Lipinski definition) is 1. The molecule has 4 rings (SSSR count). The largest absolute Gasteiger partial charge is 0.489 e. The summed E-state index contributed by atoms with van der Waals surface area (Å²) in [4.78, 5) is 16.6. The first-order chi connectivity index (χ1) is 15.8. The normalized spacial score (nSPS) is 16.3. The van der Waals surface area contributed by atoms with Crippen LogP contribution in [-0.4, -0.2) is 11.1 Å². The third kappa shape index (κ3) is 5.77. The number of halogens is 4. The Bertz CT molecular complexity index is 1240. The lowest BCUT2D eigenvalue weighted by molar-refractivity contribution is -0.137. The van der Waals surface area contributed by atoms with Gasteiger partial charge in [-0.15, -0.1) is 0 Å². The molecular weight excluding hydrogens is 473 g/mol. The van der Waals surface area contributed by atoms with E-state index in [0.29, 0.717) is 22.3 Å². The molecule has 1 heterocycles. The first-order valence-corrected chi connectivity index (χ1v) is 10.9. The highest BCUT2D eigenvalue weighted by Crippen LogP contribution is 2.37. The zero-order valence-electron chi connectivity index (χ0n) is 16.9. The third-order valence-electron chi connectivity index (χ3n) is 4.61. The van der Waals surface area contributed by atoms with E-state index in [4.69, 9.17) is 16.3 Å². The van der Waals surface area contributed by atoms with Gasteiger partial charge in [-0.1, -0.05) is 54.1 Å². The topological polar surface area (TPSA) is 50.7 Å². The van der Waals surface area contributed by atoms with Gasteiger partial charge >= 0.3 is 6.18 Å². The average Bonchev–Trinajstić information content (AvgIpc) is 3.12. The minimum absolute atomic E-state index is 0.0858. The van der Waals surface area contributed by atoms with Gasteiger partial charge in [-0.2, -0.15) is 13.2 Å². The molecule has 1 fully saturated rings. The minimum Gasteiger partial charge on any atom is -0.489 e. The van der Waals surface area contributed by atoms with Crippen LogP contribution in [0.3, 0.4) is 0 Å². The quantitative estimate of drug-likeness (QED) is 0.400. The summed E-state index contributed by atoms with van der Waals surface area (Å²) in [6.07, 6.45) is -2.90. The van der Waals surface area contributed by atoms with Crippen LogP contribution in [0.2, 0.25) is 5.02 Å². The minimum atomic E-state index is -4.54. The van der Waals surface area contributed by atoms with Crippen molar-refractivity contribution in [1.29, 1.82) is 0 Å². The number of nitrogens with one attached hydrogen (secondary N) is 1. The van der Waals surface area contributed by atoms with E-state index in [9.17, 15) is 18.0 Å². The summed E-state index contributed by atoms with van der Waals surface area (Å²) < 4.78 is 45.3. The summed E-state index contributed by atoms with van der Waals surface area (Å²) >= 11 is 7.10. The van der Waals surface area contributed by atoms with Gasteiger partial charge in [-0.25, -0.2) is 4.99 Å². The highest BCUT2D eigenvalue weighted by atomic mass is 35.5. The molecule has 0 atom stereocenters. The number of benzene rings is 3. The molecule has 0 radical (unpaired) electrons. The molecule has 168 valence electrons. The van der Waals surface area contributed by atoms with Crippen LogP contribution in [0.4, 0.5) is 18.9 Å². The molecule has 4 nitrogen and oxygen atoms in total. The summed E-state index contributed by atoms with van der Waals surface area (Å²) in [6, 6.07) is 19.4. The SMILES string of the molecule is O=C1NC(=Nc2ccccc2C(F)(F)F)S/C1=C\c1ccc(OCc2ccccc2Cl)cc1. The Morgan fingerprint density at radius 3 is 2.42 bits per heavy atom. The standard InChI is InChI=1S/C24H16ClF3N2O2S/c25-19-7-3-1-5-16(19)14-32-17-11-9-15(10-12-17)13-21-22(31)30-23(33-21)29-20-8-4-2-6-18(20)24(26,27)28/h1-13H,14H2,(H,29,30,31)/b21-13-. The predicted octanol–water partition coefficient (Wildman–Crippen LogP) is 6.83. The molecular formula is C24H16ClF3N2O2S. The van der Waals surface area contributed by atoms with E-state index < -0.39 is 17.6 Å². The summed E-state index contributed by atoms with van der Waals surface area (Å²) in [7, 11) is 0. The van der Waals surface area contributed by atoms with Crippen LogP contribution in [0, 0.1) is 0 Å². The summed E-state index contributed by atoms with van der Waals surface area (Å²) in [5.41, 5.74) is 0.476. The molecule has 1 aliphatic heterocycles. The Morgan fingerprint density at radius 2 is 1.70 bits per heavy atom. The Morgan fingerprint density at radius 1 is 1.00 bits per heavy atom. The third-order valence-corrected chi connectivity index (χ3v) is 5.89. The molecule has 0 saturated carbocycles. The lowest BCUT2D eigenvalue weighted by atomic mass is 10.2. The average molecular weight is 489 g/mol. The molecule has 1 N–H and O–H groups in total. The molecule has 1 aliphatic rings. The number of nitrogens with zero attached hydrogens (tertiary/aromatic N) is 1. The fraction of sp³-hybridized carbons (Fsp3) is 0.0833.